The monoisotopic (exact) mass is 210 g/mol. The average Bonchev–Trinajstić information content (AvgIpc) is 2.61. The van der Waals surface area contributed by atoms with Crippen LogP contribution in [0.5, 0.6) is 0 Å². The van der Waals surface area contributed by atoms with Gasteiger partial charge in [-0.3, -0.25) is 0 Å². The van der Waals surface area contributed by atoms with E-state index in [1.165, 1.54) is 0 Å². The number of rotatable bonds is 1. The Balaban J connectivity index is 2.34. The molecule has 3 rings (SSSR count). The number of hydrogen-bond donors (Lipinski definition) is 1. The summed E-state index contributed by atoms with van der Waals surface area (Å²) in [5.74, 6) is 0. The number of nitrogen functional groups attached to an aromatic ring is 1. The van der Waals surface area contributed by atoms with Crippen LogP contribution in [-0.2, 0) is 0 Å². The molecule has 0 heterocycles. The fraction of sp³-hybridized carbons (Fsp3) is 0.0769. The lowest BCUT2D eigenvalue weighted by molar-refractivity contribution is 0.892. The first-order chi connectivity index (χ1) is 7.81. The Hall–Kier alpha value is -2.16. The van der Waals surface area contributed by atoms with E-state index in [2.05, 4.69) is 5.18 Å². The van der Waals surface area contributed by atoms with Crippen molar-refractivity contribution in [2.24, 2.45) is 5.18 Å². The minimum atomic E-state index is -0.408. The second-order valence-corrected chi connectivity index (χ2v) is 3.94. The number of nitrogens with zero attached hydrogens (tertiary/aromatic N) is 1. The molecule has 0 spiro atoms. The lowest BCUT2D eigenvalue weighted by atomic mass is 10.1. The van der Waals surface area contributed by atoms with E-state index in [4.69, 9.17) is 5.73 Å². The van der Waals surface area contributed by atoms with Crippen molar-refractivity contribution in [3.8, 4) is 11.1 Å². The zero-order valence-electron chi connectivity index (χ0n) is 8.55. The largest absolute Gasteiger partial charge is 0.399 e. The highest BCUT2D eigenvalue weighted by molar-refractivity contribution is 5.80. The summed E-state index contributed by atoms with van der Waals surface area (Å²) in [5, 5.41) is 3.21. The first-order valence-corrected chi connectivity index (χ1v) is 5.12. The molecule has 0 aliphatic heterocycles. The molecule has 0 amide bonds. The summed E-state index contributed by atoms with van der Waals surface area (Å²) in [6, 6.07) is 13.1. The van der Waals surface area contributed by atoms with Crippen LogP contribution >= 0.6 is 0 Å². The van der Waals surface area contributed by atoms with Gasteiger partial charge in [-0.25, -0.2) is 0 Å². The summed E-state index contributed by atoms with van der Waals surface area (Å²) in [7, 11) is 0. The molecule has 0 saturated heterocycles. The van der Waals surface area contributed by atoms with Crippen LogP contribution in [0.1, 0.15) is 17.2 Å². The minimum absolute atomic E-state index is 0.408. The van der Waals surface area contributed by atoms with Gasteiger partial charge in [0.15, 0.2) is 0 Å². The van der Waals surface area contributed by atoms with Crippen LogP contribution in [0.4, 0.5) is 5.69 Å². The highest BCUT2D eigenvalue weighted by Crippen LogP contribution is 2.45. The molecule has 1 unspecified atom stereocenters. The van der Waals surface area contributed by atoms with Gasteiger partial charge in [-0.1, -0.05) is 35.5 Å². The molecule has 0 bridgehead atoms. The van der Waals surface area contributed by atoms with Gasteiger partial charge in [-0.2, -0.15) is 0 Å². The van der Waals surface area contributed by atoms with Crippen molar-refractivity contribution in [3.63, 3.8) is 0 Å². The maximum Gasteiger partial charge on any atom is 0.143 e. The number of anilines is 1. The number of nitroso groups, excluding NO2 is 1. The molecule has 2 aromatic rings. The highest BCUT2D eigenvalue weighted by Gasteiger charge is 2.29. The summed E-state index contributed by atoms with van der Waals surface area (Å²) < 4.78 is 0. The maximum atomic E-state index is 11.0. The molecule has 16 heavy (non-hydrogen) atoms. The van der Waals surface area contributed by atoms with Crippen molar-refractivity contribution in [1.82, 2.24) is 0 Å². The van der Waals surface area contributed by atoms with Crippen molar-refractivity contribution in [1.29, 1.82) is 0 Å². The summed E-state index contributed by atoms with van der Waals surface area (Å²) >= 11 is 0. The van der Waals surface area contributed by atoms with Crippen molar-refractivity contribution >= 4 is 5.69 Å². The van der Waals surface area contributed by atoms with E-state index in [1.807, 2.05) is 42.5 Å². The zero-order chi connectivity index (χ0) is 11.1. The Morgan fingerprint density at radius 2 is 1.75 bits per heavy atom. The molecule has 0 saturated carbocycles. The SMILES string of the molecule is Nc1ccc2c(c1)C(N=O)c1ccccc1-2. The van der Waals surface area contributed by atoms with Gasteiger partial charge in [-0.15, -0.1) is 4.91 Å². The van der Waals surface area contributed by atoms with Crippen LogP contribution in [0.25, 0.3) is 11.1 Å². The van der Waals surface area contributed by atoms with Gasteiger partial charge in [0.05, 0.1) is 0 Å². The molecule has 3 nitrogen and oxygen atoms in total. The van der Waals surface area contributed by atoms with E-state index < -0.39 is 6.04 Å². The molecular weight excluding hydrogens is 200 g/mol. The lowest BCUT2D eigenvalue weighted by Crippen LogP contribution is -1.92. The van der Waals surface area contributed by atoms with Crippen LogP contribution in [-0.4, -0.2) is 0 Å². The Bertz CT molecular complexity index is 578. The Morgan fingerprint density at radius 1 is 1.00 bits per heavy atom. The third-order valence-corrected chi connectivity index (χ3v) is 3.02. The summed E-state index contributed by atoms with van der Waals surface area (Å²) in [5.41, 5.74) is 10.4. The second-order valence-electron chi connectivity index (χ2n) is 3.94. The first-order valence-electron chi connectivity index (χ1n) is 5.12. The summed E-state index contributed by atoms with van der Waals surface area (Å²) in [6.45, 7) is 0. The fourth-order valence-electron chi connectivity index (χ4n) is 2.31. The van der Waals surface area contributed by atoms with Gasteiger partial charge in [0.25, 0.3) is 0 Å². The molecule has 1 atom stereocenters. The van der Waals surface area contributed by atoms with E-state index in [-0.39, 0.29) is 0 Å². The topological polar surface area (TPSA) is 55.4 Å². The highest BCUT2D eigenvalue weighted by atomic mass is 16.3. The van der Waals surface area contributed by atoms with E-state index in [1.54, 1.807) is 0 Å². The molecule has 1 aliphatic carbocycles. The molecule has 0 fully saturated rings. The Kier molecular flexibility index (Phi) is 1.80. The van der Waals surface area contributed by atoms with E-state index >= 15 is 0 Å². The van der Waals surface area contributed by atoms with Crippen molar-refractivity contribution < 1.29 is 0 Å². The number of benzene rings is 2. The molecule has 78 valence electrons. The molecule has 1 aliphatic rings. The lowest BCUT2D eigenvalue weighted by Gasteiger charge is -2.03. The number of hydrogen-bond acceptors (Lipinski definition) is 3. The number of fused-ring (bicyclic) bond motifs is 3. The van der Waals surface area contributed by atoms with Crippen LogP contribution in [0.3, 0.4) is 0 Å². The third kappa shape index (κ3) is 1.08. The summed E-state index contributed by atoms with van der Waals surface area (Å²) in [4.78, 5) is 11.0. The van der Waals surface area contributed by atoms with E-state index in [0.717, 1.165) is 22.3 Å². The van der Waals surface area contributed by atoms with E-state index in [0.29, 0.717) is 5.69 Å². The fourth-order valence-corrected chi connectivity index (χ4v) is 2.31. The molecule has 3 heteroatoms. The first kappa shape index (κ1) is 9.09. The van der Waals surface area contributed by atoms with Crippen molar-refractivity contribution in [3.05, 3.63) is 58.5 Å². The van der Waals surface area contributed by atoms with Crippen molar-refractivity contribution in [2.75, 3.05) is 5.73 Å². The van der Waals surface area contributed by atoms with Gasteiger partial charge in [0, 0.05) is 5.69 Å². The van der Waals surface area contributed by atoms with Crippen LogP contribution in [0.15, 0.2) is 47.6 Å². The predicted octanol–water partition coefficient (Wildman–Crippen LogP) is 3.11. The quantitative estimate of drug-likeness (QED) is 0.580. The van der Waals surface area contributed by atoms with Gasteiger partial charge >= 0.3 is 0 Å². The molecule has 2 aromatic carbocycles. The smallest absolute Gasteiger partial charge is 0.143 e. The molecule has 0 radical (unpaired) electrons. The van der Waals surface area contributed by atoms with Crippen LogP contribution < -0.4 is 5.73 Å². The molecule has 2 N–H and O–H groups in total. The standard InChI is InChI=1S/C13H10N2O/c14-8-5-6-10-9-3-1-2-4-11(9)13(15-16)12(10)7-8/h1-7,13H,14H2. The normalized spacial score (nSPS) is 16.6. The predicted molar refractivity (Wildman–Crippen MR) is 63.9 cm³/mol. The maximum absolute atomic E-state index is 11.0. The number of nitrogens with two attached hydrogens (primary N) is 1. The van der Waals surface area contributed by atoms with Gasteiger partial charge in [-0.05, 0) is 34.4 Å². The van der Waals surface area contributed by atoms with Crippen LogP contribution in [0.2, 0.25) is 0 Å². The van der Waals surface area contributed by atoms with Gasteiger partial charge in [0.1, 0.15) is 6.04 Å². The summed E-state index contributed by atoms with van der Waals surface area (Å²) in [6.07, 6.45) is 0. The van der Waals surface area contributed by atoms with Gasteiger partial charge < -0.3 is 5.73 Å². The van der Waals surface area contributed by atoms with E-state index in [9.17, 15) is 4.91 Å². The second kappa shape index (κ2) is 3.17. The molecule has 0 aromatic heterocycles. The van der Waals surface area contributed by atoms with Gasteiger partial charge in [0.2, 0.25) is 0 Å². The Morgan fingerprint density at radius 3 is 2.56 bits per heavy atom. The van der Waals surface area contributed by atoms with Crippen molar-refractivity contribution in [2.45, 2.75) is 6.04 Å². The minimum Gasteiger partial charge on any atom is -0.399 e. The third-order valence-electron chi connectivity index (χ3n) is 3.02. The molecular formula is C13H10N2O. The van der Waals surface area contributed by atoms with Crippen LogP contribution in [0, 0.1) is 4.91 Å². The Labute approximate surface area is 92.9 Å². The zero-order valence-corrected chi connectivity index (χ0v) is 8.55. The average molecular weight is 210 g/mol.